The average Bonchev–Trinajstić information content (AvgIpc) is 2.82. The van der Waals surface area contributed by atoms with E-state index < -0.39 is 0 Å². The third-order valence-electron chi connectivity index (χ3n) is 3.58. The first kappa shape index (κ1) is 11.3. The predicted octanol–water partition coefficient (Wildman–Crippen LogP) is 3.19. The Morgan fingerprint density at radius 1 is 1.28 bits per heavy atom. The molecule has 1 heterocycles. The van der Waals surface area contributed by atoms with E-state index >= 15 is 0 Å². The number of carbonyl (C=O) groups excluding carboxylic acids is 1. The second-order valence-corrected chi connectivity index (χ2v) is 4.94. The third-order valence-corrected chi connectivity index (χ3v) is 3.58. The summed E-state index contributed by atoms with van der Waals surface area (Å²) in [4.78, 5) is 12.0. The van der Waals surface area contributed by atoms with Gasteiger partial charge in [-0.3, -0.25) is 4.79 Å². The molecule has 0 spiro atoms. The number of ketones is 1. The van der Waals surface area contributed by atoms with Gasteiger partial charge in [0.25, 0.3) is 0 Å². The first-order valence-corrected chi connectivity index (χ1v) is 6.38. The molecule has 0 amide bonds. The Morgan fingerprint density at radius 3 is 3.00 bits per heavy atom. The minimum Gasteiger partial charge on any atom is -0.454 e. The molecule has 18 heavy (non-hydrogen) atoms. The van der Waals surface area contributed by atoms with Crippen molar-refractivity contribution in [2.75, 3.05) is 6.79 Å². The van der Waals surface area contributed by atoms with Crippen LogP contribution in [0.1, 0.15) is 31.7 Å². The van der Waals surface area contributed by atoms with Gasteiger partial charge in [-0.2, -0.15) is 0 Å². The van der Waals surface area contributed by atoms with Crippen LogP contribution in [0.15, 0.2) is 23.8 Å². The summed E-state index contributed by atoms with van der Waals surface area (Å²) in [6, 6.07) is 5.79. The molecule has 1 atom stereocenters. The van der Waals surface area contributed by atoms with E-state index in [1.165, 1.54) is 0 Å². The summed E-state index contributed by atoms with van der Waals surface area (Å²) >= 11 is 0. The van der Waals surface area contributed by atoms with Gasteiger partial charge >= 0.3 is 0 Å². The van der Waals surface area contributed by atoms with E-state index in [1.807, 2.05) is 31.2 Å². The van der Waals surface area contributed by atoms with Crippen LogP contribution >= 0.6 is 0 Å². The summed E-state index contributed by atoms with van der Waals surface area (Å²) in [5.41, 5.74) is 1.95. The molecule has 0 bridgehead atoms. The van der Waals surface area contributed by atoms with E-state index in [4.69, 9.17) is 9.47 Å². The topological polar surface area (TPSA) is 35.5 Å². The highest BCUT2D eigenvalue weighted by Crippen LogP contribution is 2.34. The molecule has 1 aromatic rings. The number of carbonyl (C=O) groups is 1. The van der Waals surface area contributed by atoms with Crippen LogP contribution in [0.2, 0.25) is 0 Å². The van der Waals surface area contributed by atoms with Crippen molar-refractivity contribution in [1.29, 1.82) is 0 Å². The number of allylic oxidation sites excluding steroid dienone is 1. The van der Waals surface area contributed by atoms with Gasteiger partial charge in [0.1, 0.15) is 0 Å². The van der Waals surface area contributed by atoms with Crippen molar-refractivity contribution in [1.82, 2.24) is 0 Å². The lowest BCUT2D eigenvalue weighted by atomic mass is 9.84. The zero-order chi connectivity index (χ0) is 12.5. The standard InChI is InChI=1S/C15H16O3/c1-10-3-2-4-12(15(10)16)7-11-5-6-13-14(8-11)18-9-17-13/h5-8,10H,2-4,9H2,1H3/b12-7+/t10-/m1/s1. The Morgan fingerprint density at radius 2 is 2.11 bits per heavy atom. The third kappa shape index (κ3) is 2.01. The van der Waals surface area contributed by atoms with Crippen LogP contribution < -0.4 is 9.47 Å². The van der Waals surface area contributed by atoms with Crippen LogP contribution in [-0.2, 0) is 4.79 Å². The summed E-state index contributed by atoms with van der Waals surface area (Å²) in [6.07, 6.45) is 4.98. The maximum absolute atomic E-state index is 12.0. The molecule has 3 heteroatoms. The van der Waals surface area contributed by atoms with Crippen molar-refractivity contribution < 1.29 is 14.3 Å². The molecule has 0 N–H and O–H groups in total. The van der Waals surface area contributed by atoms with E-state index in [0.29, 0.717) is 5.78 Å². The SMILES string of the molecule is C[C@@H]1CCC/C(=C\c2ccc3c(c2)OCO3)C1=O. The lowest BCUT2D eigenvalue weighted by molar-refractivity contribution is -0.119. The molecule has 1 aliphatic heterocycles. The highest BCUT2D eigenvalue weighted by molar-refractivity contribution is 6.01. The van der Waals surface area contributed by atoms with Crippen LogP contribution in [0.3, 0.4) is 0 Å². The van der Waals surface area contributed by atoms with Crippen LogP contribution in [0, 0.1) is 5.92 Å². The van der Waals surface area contributed by atoms with Gasteiger partial charge in [-0.15, -0.1) is 0 Å². The van der Waals surface area contributed by atoms with Crippen molar-refractivity contribution in [3.63, 3.8) is 0 Å². The molecule has 0 saturated heterocycles. The number of hydrogen-bond acceptors (Lipinski definition) is 3. The van der Waals surface area contributed by atoms with Crippen molar-refractivity contribution in [2.24, 2.45) is 5.92 Å². The Hall–Kier alpha value is -1.77. The van der Waals surface area contributed by atoms with Crippen molar-refractivity contribution in [3.8, 4) is 11.5 Å². The predicted molar refractivity (Wildman–Crippen MR) is 68.6 cm³/mol. The minimum atomic E-state index is 0.166. The van der Waals surface area contributed by atoms with E-state index in [2.05, 4.69) is 0 Å². The minimum absolute atomic E-state index is 0.166. The second-order valence-electron chi connectivity index (χ2n) is 4.94. The fourth-order valence-electron chi connectivity index (χ4n) is 2.52. The van der Waals surface area contributed by atoms with Gasteiger partial charge in [0.15, 0.2) is 17.3 Å². The van der Waals surface area contributed by atoms with Gasteiger partial charge in [-0.05, 0) is 48.6 Å². The van der Waals surface area contributed by atoms with Gasteiger partial charge in [0.2, 0.25) is 6.79 Å². The molecular weight excluding hydrogens is 228 g/mol. The molecule has 3 rings (SSSR count). The molecule has 94 valence electrons. The van der Waals surface area contributed by atoms with E-state index in [-0.39, 0.29) is 12.7 Å². The smallest absolute Gasteiger partial charge is 0.231 e. The van der Waals surface area contributed by atoms with E-state index in [9.17, 15) is 4.79 Å². The summed E-state index contributed by atoms with van der Waals surface area (Å²) in [5.74, 6) is 2.00. The van der Waals surface area contributed by atoms with Gasteiger partial charge in [0.05, 0.1) is 0 Å². The number of hydrogen-bond donors (Lipinski definition) is 0. The summed E-state index contributed by atoms with van der Waals surface area (Å²) in [6.45, 7) is 2.29. The maximum Gasteiger partial charge on any atom is 0.231 e. The van der Waals surface area contributed by atoms with Gasteiger partial charge in [-0.25, -0.2) is 0 Å². The maximum atomic E-state index is 12.0. The summed E-state index contributed by atoms with van der Waals surface area (Å²) in [7, 11) is 0. The fraction of sp³-hybridized carbons (Fsp3) is 0.400. The zero-order valence-corrected chi connectivity index (χ0v) is 10.4. The summed E-state index contributed by atoms with van der Waals surface area (Å²) < 4.78 is 10.6. The quantitative estimate of drug-likeness (QED) is 0.712. The normalized spacial score (nSPS) is 24.6. The highest BCUT2D eigenvalue weighted by atomic mass is 16.7. The van der Waals surface area contributed by atoms with Crippen LogP contribution in [-0.4, -0.2) is 12.6 Å². The molecule has 0 aromatic heterocycles. The van der Waals surface area contributed by atoms with Crippen LogP contribution in [0.25, 0.3) is 6.08 Å². The number of fused-ring (bicyclic) bond motifs is 1. The van der Waals surface area contributed by atoms with Crippen molar-refractivity contribution in [2.45, 2.75) is 26.2 Å². The fourth-order valence-corrected chi connectivity index (χ4v) is 2.52. The average molecular weight is 244 g/mol. The molecule has 1 aromatic carbocycles. The molecule has 0 unspecified atom stereocenters. The molecule has 2 aliphatic rings. The Bertz CT molecular complexity index is 516. The Kier molecular flexibility index (Phi) is 2.82. The van der Waals surface area contributed by atoms with E-state index in [0.717, 1.165) is 41.9 Å². The van der Waals surface area contributed by atoms with Gasteiger partial charge in [-0.1, -0.05) is 13.0 Å². The van der Waals surface area contributed by atoms with Crippen molar-refractivity contribution >= 4 is 11.9 Å². The van der Waals surface area contributed by atoms with Crippen LogP contribution in [0.5, 0.6) is 11.5 Å². The highest BCUT2D eigenvalue weighted by Gasteiger charge is 2.22. The van der Waals surface area contributed by atoms with Gasteiger partial charge < -0.3 is 9.47 Å². The first-order chi connectivity index (χ1) is 8.74. The van der Waals surface area contributed by atoms with Gasteiger partial charge in [0, 0.05) is 5.92 Å². The lowest BCUT2D eigenvalue weighted by Gasteiger charge is -2.19. The summed E-state index contributed by atoms with van der Waals surface area (Å²) in [5, 5.41) is 0. The molecule has 0 radical (unpaired) electrons. The second kappa shape index (κ2) is 4.48. The van der Waals surface area contributed by atoms with Crippen molar-refractivity contribution in [3.05, 3.63) is 29.3 Å². The molecule has 1 fully saturated rings. The number of benzene rings is 1. The number of ether oxygens (including phenoxy) is 2. The monoisotopic (exact) mass is 244 g/mol. The van der Waals surface area contributed by atoms with E-state index in [1.54, 1.807) is 0 Å². The Labute approximate surface area is 106 Å². The number of rotatable bonds is 1. The zero-order valence-electron chi connectivity index (χ0n) is 10.4. The molecule has 1 saturated carbocycles. The largest absolute Gasteiger partial charge is 0.454 e. The molecule has 3 nitrogen and oxygen atoms in total. The first-order valence-electron chi connectivity index (χ1n) is 6.38. The van der Waals surface area contributed by atoms with Crippen LogP contribution in [0.4, 0.5) is 0 Å². The molecule has 1 aliphatic carbocycles. The molecular formula is C15H16O3. The Balaban J connectivity index is 1.89. The number of Topliss-reactive ketones (excluding diaryl/α,β-unsaturated/α-hetero) is 1. The lowest BCUT2D eigenvalue weighted by Crippen LogP contribution is -2.18.